The van der Waals surface area contributed by atoms with Crippen molar-refractivity contribution in [3.8, 4) is 5.69 Å². The molecule has 0 bridgehead atoms. The number of hydrogen-bond acceptors (Lipinski definition) is 3. The lowest BCUT2D eigenvalue weighted by Crippen LogP contribution is -2.22. The number of benzene rings is 2. The Morgan fingerprint density at radius 1 is 1.07 bits per heavy atom. The molecule has 144 valence electrons. The van der Waals surface area contributed by atoms with E-state index in [4.69, 9.17) is 0 Å². The van der Waals surface area contributed by atoms with E-state index in [1.807, 2.05) is 30.3 Å². The first kappa shape index (κ1) is 18.3. The van der Waals surface area contributed by atoms with Gasteiger partial charge in [0.2, 0.25) is 0 Å². The highest BCUT2D eigenvalue weighted by Crippen LogP contribution is 2.25. The second kappa shape index (κ2) is 6.68. The summed E-state index contributed by atoms with van der Waals surface area (Å²) in [5.74, 6) is 0. The lowest BCUT2D eigenvalue weighted by molar-refractivity contribution is 0.961. The van der Waals surface area contributed by atoms with Crippen LogP contribution in [0.5, 0.6) is 0 Å². The molecule has 3 heterocycles. The number of hydrogen-bond donors (Lipinski definition) is 0. The Balaban J connectivity index is 1.69. The van der Waals surface area contributed by atoms with Crippen molar-refractivity contribution in [1.82, 2.24) is 14.0 Å². The van der Waals surface area contributed by atoms with Crippen LogP contribution in [0.1, 0.15) is 22.5 Å². The van der Waals surface area contributed by atoms with Crippen LogP contribution in [0.2, 0.25) is 0 Å². The molecule has 5 aromatic rings. The van der Waals surface area contributed by atoms with Gasteiger partial charge in [-0.3, -0.25) is 4.79 Å². The van der Waals surface area contributed by atoms with Gasteiger partial charge < -0.3 is 4.57 Å². The molecule has 2 aromatic carbocycles. The summed E-state index contributed by atoms with van der Waals surface area (Å²) in [7, 11) is 0. The van der Waals surface area contributed by atoms with Crippen molar-refractivity contribution in [2.24, 2.45) is 0 Å². The molecule has 6 heteroatoms. The fourth-order valence-electron chi connectivity index (χ4n) is 3.85. The maximum Gasteiger partial charge on any atom is 0.274 e. The summed E-state index contributed by atoms with van der Waals surface area (Å²) in [6.07, 6.45) is 1.99. The highest BCUT2D eigenvalue weighted by atomic mass is 79.9. The fraction of sp³-hybridized carbons (Fsp3) is 0.130. The van der Waals surface area contributed by atoms with Crippen molar-refractivity contribution in [3.63, 3.8) is 0 Å². The molecule has 0 spiro atoms. The first-order chi connectivity index (χ1) is 13.9. The molecule has 5 rings (SSSR count). The molecule has 4 nitrogen and oxygen atoms in total. The van der Waals surface area contributed by atoms with Crippen molar-refractivity contribution in [2.75, 3.05) is 0 Å². The second-order valence-corrected chi connectivity index (χ2v) is 9.09. The topological polar surface area (TPSA) is 39.3 Å². The lowest BCUT2D eigenvalue weighted by atomic mass is 10.2. The third-order valence-electron chi connectivity index (χ3n) is 5.30. The molecule has 0 aliphatic rings. The Hall–Kier alpha value is -2.70. The minimum atomic E-state index is -0.0111. The van der Waals surface area contributed by atoms with Gasteiger partial charge in [0.25, 0.3) is 5.56 Å². The van der Waals surface area contributed by atoms with Crippen LogP contribution >= 0.6 is 27.3 Å². The SMILES string of the molecule is Cc1cc(-n2c(C)cc(/C=c3\sc4nc5ccccc5n4c3=O)c2C)ccc1Br. The van der Waals surface area contributed by atoms with E-state index in [9.17, 15) is 4.79 Å². The van der Waals surface area contributed by atoms with Crippen molar-refractivity contribution < 1.29 is 0 Å². The zero-order valence-electron chi connectivity index (χ0n) is 16.2. The van der Waals surface area contributed by atoms with Crippen LogP contribution in [-0.2, 0) is 0 Å². The van der Waals surface area contributed by atoms with Crippen molar-refractivity contribution in [3.05, 3.63) is 90.4 Å². The summed E-state index contributed by atoms with van der Waals surface area (Å²) in [6, 6.07) is 16.2. The molecule has 0 radical (unpaired) electrons. The van der Waals surface area contributed by atoms with E-state index in [1.165, 1.54) is 16.9 Å². The summed E-state index contributed by atoms with van der Waals surface area (Å²) < 4.78 is 5.73. The average Bonchev–Trinajstić information content (AvgIpc) is 3.29. The van der Waals surface area contributed by atoms with Crippen molar-refractivity contribution in [2.45, 2.75) is 20.8 Å². The van der Waals surface area contributed by atoms with Gasteiger partial charge in [-0.05, 0) is 74.4 Å². The molecule has 0 unspecified atom stereocenters. The quantitative estimate of drug-likeness (QED) is 0.372. The van der Waals surface area contributed by atoms with Crippen LogP contribution in [-0.4, -0.2) is 14.0 Å². The predicted octanol–water partition coefficient (Wildman–Crippen LogP) is 4.94. The van der Waals surface area contributed by atoms with Gasteiger partial charge in [-0.15, -0.1) is 0 Å². The summed E-state index contributed by atoms with van der Waals surface area (Å²) in [4.78, 5) is 18.4. The first-order valence-electron chi connectivity index (χ1n) is 9.31. The Bertz CT molecular complexity index is 1520. The summed E-state index contributed by atoms with van der Waals surface area (Å²) >= 11 is 5.01. The molecule has 29 heavy (non-hydrogen) atoms. The van der Waals surface area contributed by atoms with Gasteiger partial charge in [0.1, 0.15) is 0 Å². The molecule has 0 saturated heterocycles. The van der Waals surface area contributed by atoms with E-state index in [-0.39, 0.29) is 5.56 Å². The monoisotopic (exact) mass is 463 g/mol. The normalized spacial score (nSPS) is 12.5. The number of nitrogens with zero attached hydrogens (tertiary/aromatic N) is 3. The third-order valence-corrected chi connectivity index (χ3v) is 7.16. The maximum absolute atomic E-state index is 13.1. The smallest absolute Gasteiger partial charge is 0.274 e. The highest BCUT2D eigenvalue weighted by molar-refractivity contribution is 9.10. The number of imidazole rings is 1. The first-order valence-corrected chi connectivity index (χ1v) is 10.9. The van der Waals surface area contributed by atoms with Crippen LogP contribution in [0.15, 0.2) is 57.8 Å². The van der Waals surface area contributed by atoms with E-state index in [0.29, 0.717) is 4.53 Å². The van der Waals surface area contributed by atoms with E-state index >= 15 is 0 Å². The molecule has 0 aliphatic heterocycles. The lowest BCUT2D eigenvalue weighted by Gasteiger charge is -2.11. The number of halogens is 1. The van der Waals surface area contributed by atoms with Gasteiger partial charge in [0.15, 0.2) is 4.96 Å². The third kappa shape index (κ3) is 2.86. The van der Waals surface area contributed by atoms with Crippen molar-refractivity contribution in [1.29, 1.82) is 0 Å². The molecule has 0 atom stereocenters. The Morgan fingerprint density at radius 3 is 2.66 bits per heavy atom. The number of rotatable bonds is 2. The predicted molar refractivity (Wildman–Crippen MR) is 123 cm³/mol. The van der Waals surface area contributed by atoms with Crippen LogP contribution in [0.25, 0.3) is 27.8 Å². The standard InChI is InChI=1S/C23H18BrN3OS/c1-13-10-17(8-9-18(13)24)26-14(2)11-16(15(26)3)12-21-22(28)27-20-7-5-4-6-19(20)25-23(27)29-21/h4-12H,1-3H3/b21-12-. The number of para-hydroxylation sites is 2. The number of thiazole rings is 1. The largest absolute Gasteiger partial charge is 0.318 e. The minimum absolute atomic E-state index is 0.0111. The zero-order valence-corrected chi connectivity index (χ0v) is 18.6. The summed E-state index contributed by atoms with van der Waals surface area (Å²) in [6.45, 7) is 6.27. The van der Waals surface area contributed by atoms with E-state index in [1.54, 1.807) is 4.40 Å². The molecule has 0 fully saturated rings. The minimum Gasteiger partial charge on any atom is -0.318 e. The van der Waals surface area contributed by atoms with Gasteiger partial charge >= 0.3 is 0 Å². The number of fused-ring (bicyclic) bond motifs is 3. The molecule has 3 aromatic heterocycles. The molecule has 0 saturated carbocycles. The van der Waals surface area contributed by atoms with Crippen LogP contribution in [0.4, 0.5) is 0 Å². The van der Waals surface area contributed by atoms with Gasteiger partial charge in [0.05, 0.1) is 15.6 Å². The molecular weight excluding hydrogens is 446 g/mol. The van der Waals surface area contributed by atoms with E-state index in [0.717, 1.165) is 43.1 Å². The van der Waals surface area contributed by atoms with Crippen LogP contribution in [0.3, 0.4) is 0 Å². The van der Waals surface area contributed by atoms with Gasteiger partial charge in [-0.2, -0.15) is 0 Å². The Labute approximate surface area is 179 Å². The zero-order chi connectivity index (χ0) is 20.3. The van der Waals surface area contributed by atoms with Crippen LogP contribution in [0, 0.1) is 20.8 Å². The molecular formula is C23H18BrN3OS. The van der Waals surface area contributed by atoms with E-state index < -0.39 is 0 Å². The summed E-state index contributed by atoms with van der Waals surface area (Å²) in [5, 5.41) is 0. The Kier molecular flexibility index (Phi) is 4.22. The Morgan fingerprint density at radius 2 is 1.86 bits per heavy atom. The van der Waals surface area contributed by atoms with E-state index in [2.05, 4.69) is 70.5 Å². The second-order valence-electron chi connectivity index (χ2n) is 7.23. The fourth-order valence-corrected chi connectivity index (χ4v) is 5.08. The number of aryl methyl sites for hydroxylation is 2. The molecule has 0 aliphatic carbocycles. The van der Waals surface area contributed by atoms with Crippen LogP contribution < -0.4 is 10.1 Å². The molecule has 0 N–H and O–H groups in total. The number of aromatic nitrogens is 3. The van der Waals surface area contributed by atoms with Gasteiger partial charge in [0, 0.05) is 21.5 Å². The summed E-state index contributed by atoms with van der Waals surface area (Å²) in [5.41, 5.74) is 7.31. The molecule has 0 amide bonds. The highest BCUT2D eigenvalue weighted by Gasteiger charge is 2.13. The van der Waals surface area contributed by atoms with Gasteiger partial charge in [-0.25, -0.2) is 9.38 Å². The average molecular weight is 464 g/mol. The maximum atomic E-state index is 13.1. The van der Waals surface area contributed by atoms with Crippen molar-refractivity contribution >= 4 is 49.3 Å². The van der Waals surface area contributed by atoms with Gasteiger partial charge in [-0.1, -0.05) is 39.4 Å².